The predicted molar refractivity (Wildman–Crippen MR) is 66.0 cm³/mol. The highest BCUT2D eigenvalue weighted by atomic mass is 16.3. The maximum Gasteiger partial charge on any atom is 0.226 e. The fourth-order valence-electron chi connectivity index (χ4n) is 1.52. The second kappa shape index (κ2) is 4.96. The molecule has 0 aliphatic heterocycles. The molecule has 0 saturated carbocycles. The molecule has 0 radical (unpaired) electrons. The van der Waals surface area contributed by atoms with Crippen LogP contribution in [0.25, 0.3) is 11.2 Å². The van der Waals surface area contributed by atoms with Gasteiger partial charge in [-0.05, 0) is 6.42 Å². The first-order valence-electron chi connectivity index (χ1n) is 5.54. The van der Waals surface area contributed by atoms with E-state index in [1.807, 2.05) is 6.92 Å². The highest BCUT2D eigenvalue weighted by Crippen LogP contribution is 2.19. The van der Waals surface area contributed by atoms with Crippen molar-refractivity contribution in [3.05, 3.63) is 6.33 Å². The molecule has 7 heteroatoms. The van der Waals surface area contributed by atoms with Crippen molar-refractivity contribution < 1.29 is 5.11 Å². The summed E-state index contributed by atoms with van der Waals surface area (Å²) in [6, 6.07) is -0.0268. The Morgan fingerprint density at radius 2 is 2.29 bits per heavy atom. The maximum atomic E-state index is 9.19. The molecular formula is C10H16N6O. The average molecular weight is 236 g/mol. The number of hydrogen-bond donors (Lipinski definition) is 4. The summed E-state index contributed by atoms with van der Waals surface area (Å²) in [7, 11) is 1.75. The topological polar surface area (TPSA) is 98.8 Å². The lowest BCUT2D eigenvalue weighted by atomic mass is 10.2. The van der Waals surface area contributed by atoms with Crippen molar-refractivity contribution in [2.24, 2.45) is 0 Å². The molecule has 0 spiro atoms. The Morgan fingerprint density at radius 1 is 1.47 bits per heavy atom. The molecule has 0 amide bonds. The Labute approximate surface area is 98.7 Å². The normalized spacial score (nSPS) is 12.6. The molecule has 1 unspecified atom stereocenters. The molecule has 7 nitrogen and oxygen atoms in total. The molecule has 0 saturated heterocycles. The fraction of sp³-hybridized carbons (Fsp3) is 0.500. The zero-order valence-corrected chi connectivity index (χ0v) is 9.86. The summed E-state index contributed by atoms with van der Waals surface area (Å²) in [6.07, 6.45) is 2.38. The lowest BCUT2D eigenvalue weighted by Gasteiger charge is -2.15. The van der Waals surface area contributed by atoms with Crippen LogP contribution >= 0.6 is 0 Å². The first-order chi connectivity index (χ1) is 8.28. The van der Waals surface area contributed by atoms with E-state index in [-0.39, 0.29) is 12.6 Å². The number of aromatic nitrogens is 4. The summed E-state index contributed by atoms with van der Waals surface area (Å²) in [5, 5.41) is 15.2. The number of fused-ring (bicyclic) bond motifs is 1. The van der Waals surface area contributed by atoms with E-state index in [4.69, 9.17) is 0 Å². The largest absolute Gasteiger partial charge is 0.394 e. The number of anilines is 2. The van der Waals surface area contributed by atoms with Crippen molar-refractivity contribution in [2.75, 3.05) is 24.3 Å². The van der Waals surface area contributed by atoms with Gasteiger partial charge in [-0.2, -0.15) is 9.97 Å². The van der Waals surface area contributed by atoms with Gasteiger partial charge in [0.15, 0.2) is 11.5 Å². The molecule has 2 heterocycles. The van der Waals surface area contributed by atoms with E-state index in [1.165, 1.54) is 0 Å². The Hall–Kier alpha value is -1.89. The predicted octanol–water partition coefficient (Wildman–Crippen LogP) is 0.577. The van der Waals surface area contributed by atoms with Crippen LogP contribution in [0.2, 0.25) is 0 Å². The third-order valence-corrected chi connectivity index (χ3v) is 2.56. The molecular weight excluding hydrogens is 220 g/mol. The van der Waals surface area contributed by atoms with Gasteiger partial charge in [0.25, 0.3) is 0 Å². The average Bonchev–Trinajstić information content (AvgIpc) is 2.83. The number of aliphatic hydroxyl groups is 1. The molecule has 0 bridgehead atoms. The number of hydrogen-bond acceptors (Lipinski definition) is 6. The lowest BCUT2D eigenvalue weighted by Crippen LogP contribution is -2.23. The first kappa shape index (κ1) is 11.6. The minimum absolute atomic E-state index is 0.0268. The third kappa shape index (κ3) is 2.28. The Morgan fingerprint density at radius 3 is 2.94 bits per heavy atom. The molecule has 0 aromatic carbocycles. The minimum Gasteiger partial charge on any atom is -0.394 e. The second-order valence-electron chi connectivity index (χ2n) is 3.68. The molecule has 2 aromatic rings. The minimum atomic E-state index is -0.0268. The fourth-order valence-corrected chi connectivity index (χ4v) is 1.52. The van der Waals surface area contributed by atoms with Gasteiger partial charge in [0.1, 0.15) is 5.52 Å². The van der Waals surface area contributed by atoms with Crippen molar-refractivity contribution in [2.45, 2.75) is 19.4 Å². The van der Waals surface area contributed by atoms with Crippen LogP contribution in [0.15, 0.2) is 6.33 Å². The van der Waals surface area contributed by atoms with E-state index in [9.17, 15) is 5.11 Å². The number of nitrogens with zero attached hydrogens (tertiary/aromatic N) is 3. The summed E-state index contributed by atoms with van der Waals surface area (Å²) in [4.78, 5) is 15.6. The highest BCUT2D eigenvalue weighted by molar-refractivity contribution is 5.83. The summed E-state index contributed by atoms with van der Waals surface area (Å²) in [6.45, 7) is 2.06. The standard InChI is InChI=1S/C10H16N6O/c1-3-6(4-17)14-9-7-8(13-5-12-7)15-10(11-2)16-9/h5-6,17H,3-4H2,1-2H3,(H3,11,12,13,14,15,16). The van der Waals surface area contributed by atoms with Gasteiger partial charge in [0.2, 0.25) is 5.95 Å². The quantitative estimate of drug-likeness (QED) is 0.606. The van der Waals surface area contributed by atoms with E-state index in [0.29, 0.717) is 17.4 Å². The number of nitrogens with one attached hydrogen (secondary N) is 3. The van der Waals surface area contributed by atoms with Gasteiger partial charge in [0, 0.05) is 7.05 Å². The molecule has 2 aromatic heterocycles. The second-order valence-corrected chi connectivity index (χ2v) is 3.68. The molecule has 17 heavy (non-hydrogen) atoms. The summed E-state index contributed by atoms with van der Waals surface area (Å²) < 4.78 is 0. The monoisotopic (exact) mass is 236 g/mol. The van der Waals surface area contributed by atoms with Crippen LogP contribution < -0.4 is 10.6 Å². The van der Waals surface area contributed by atoms with Crippen LogP contribution in [-0.2, 0) is 0 Å². The van der Waals surface area contributed by atoms with Gasteiger partial charge in [0.05, 0.1) is 19.0 Å². The van der Waals surface area contributed by atoms with Crippen molar-refractivity contribution in [3.8, 4) is 0 Å². The zero-order chi connectivity index (χ0) is 12.3. The van der Waals surface area contributed by atoms with Gasteiger partial charge in [-0.3, -0.25) is 0 Å². The van der Waals surface area contributed by atoms with E-state index < -0.39 is 0 Å². The number of imidazole rings is 1. The number of rotatable bonds is 5. The van der Waals surface area contributed by atoms with Crippen LogP contribution in [-0.4, -0.2) is 44.7 Å². The Balaban J connectivity index is 2.39. The highest BCUT2D eigenvalue weighted by Gasteiger charge is 2.12. The van der Waals surface area contributed by atoms with Crippen LogP contribution in [0.3, 0.4) is 0 Å². The van der Waals surface area contributed by atoms with Crippen LogP contribution in [0.1, 0.15) is 13.3 Å². The molecule has 2 rings (SSSR count). The molecule has 0 aliphatic rings. The lowest BCUT2D eigenvalue weighted by molar-refractivity contribution is 0.271. The molecule has 0 aliphatic carbocycles. The molecule has 1 atom stereocenters. The van der Waals surface area contributed by atoms with E-state index in [2.05, 4.69) is 30.6 Å². The zero-order valence-electron chi connectivity index (χ0n) is 9.86. The van der Waals surface area contributed by atoms with Crippen LogP contribution in [0, 0.1) is 0 Å². The molecule has 92 valence electrons. The van der Waals surface area contributed by atoms with Gasteiger partial charge >= 0.3 is 0 Å². The summed E-state index contributed by atoms with van der Waals surface area (Å²) in [5.41, 5.74) is 1.34. The van der Waals surface area contributed by atoms with Gasteiger partial charge < -0.3 is 20.7 Å². The van der Waals surface area contributed by atoms with Gasteiger partial charge in [-0.1, -0.05) is 6.92 Å². The number of aromatic amines is 1. The SMILES string of the molecule is CCC(CO)Nc1nc(NC)nc2nc[nH]c12. The van der Waals surface area contributed by atoms with Crippen LogP contribution in [0.4, 0.5) is 11.8 Å². The van der Waals surface area contributed by atoms with Crippen LogP contribution in [0.5, 0.6) is 0 Å². The van der Waals surface area contributed by atoms with E-state index >= 15 is 0 Å². The molecule has 0 fully saturated rings. The smallest absolute Gasteiger partial charge is 0.226 e. The maximum absolute atomic E-state index is 9.19. The summed E-state index contributed by atoms with van der Waals surface area (Å²) in [5.74, 6) is 1.15. The van der Waals surface area contributed by atoms with Gasteiger partial charge in [-0.25, -0.2) is 4.98 Å². The first-order valence-corrected chi connectivity index (χ1v) is 5.54. The number of H-pyrrole nitrogens is 1. The third-order valence-electron chi connectivity index (χ3n) is 2.56. The van der Waals surface area contributed by atoms with E-state index in [1.54, 1.807) is 13.4 Å². The van der Waals surface area contributed by atoms with Crippen molar-refractivity contribution in [3.63, 3.8) is 0 Å². The van der Waals surface area contributed by atoms with Crippen molar-refractivity contribution >= 4 is 22.9 Å². The van der Waals surface area contributed by atoms with E-state index in [0.717, 1.165) is 11.9 Å². The molecule has 4 N–H and O–H groups in total. The number of aliphatic hydroxyl groups excluding tert-OH is 1. The Kier molecular flexibility index (Phi) is 3.38. The summed E-state index contributed by atoms with van der Waals surface area (Å²) >= 11 is 0. The van der Waals surface area contributed by atoms with Crippen molar-refractivity contribution in [1.82, 2.24) is 19.9 Å². The Bertz CT molecular complexity index is 493. The van der Waals surface area contributed by atoms with Gasteiger partial charge in [-0.15, -0.1) is 0 Å². The van der Waals surface area contributed by atoms with Crippen molar-refractivity contribution in [1.29, 1.82) is 0 Å².